The zero-order valence-corrected chi connectivity index (χ0v) is 18.1. The van der Waals surface area contributed by atoms with Crippen LogP contribution in [0, 0.1) is 0 Å². The molecule has 0 aliphatic heterocycles. The maximum Gasteiger partial charge on any atom is 0.165 e. The second-order valence-corrected chi connectivity index (χ2v) is 8.32. The average Bonchev–Trinajstić information content (AvgIpc) is 3.24. The van der Waals surface area contributed by atoms with Gasteiger partial charge in [-0.15, -0.1) is 5.10 Å². The standard InChI is InChI=1S/C23H28ClN5O/c1-30-21-13-11-18(12-14-21)15-28(16-19-7-5-6-10-22(19)24)17-23-25-26-27-29(23)20-8-3-2-4-9-20/h5-7,10-14,20H,2-4,8-9,15-17H2,1H3. The molecule has 1 heterocycles. The van der Waals surface area contributed by atoms with E-state index in [2.05, 4.69) is 38.6 Å². The van der Waals surface area contributed by atoms with Crippen molar-refractivity contribution in [3.8, 4) is 5.75 Å². The predicted molar refractivity (Wildman–Crippen MR) is 117 cm³/mol. The molecule has 0 unspecified atom stereocenters. The lowest BCUT2D eigenvalue weighted by Crippen LogP contribution is -2.26. The Bertz CT molecular complexity index is 937. The normalized spacial score (nSPS) is 14.9. The predicted octanol–water partition coefficient (Wildman–Crippen LogP) is 5.04. The molecule has 1 aliphatic rings. The molecule has 0 saturated heterocycles. The molecule has 0 radical (unpaired) electrons. The smallest absolute Gasteiger partial charge is 0.165 e. The minimum absolute atomic E-state index is 0.409. The molecule has 1 aromatic heterocycles. The molecule has 7 heteroatoms. The van der Waals surface area contributed by atoms with Crippen LogP contribution in [0.5, 0.6) is 5.75 Å². The highest BCUT2D eigenvalue weighted by Crippen LogP contribution is 2.28. The van der Waals surface area contributed by atoms with Crippen LogP contribution >= 0.6 is 11.6 Å². The molecule has 2 aromatic carbocycles. The lowest BCUT2D eigenvalue weighted by Gasteiger charge is -2.26. The van der Waals surface area contributed by atoms with Crippen molar-refractivity contribution in [3.63, 3.8) is 0 Å². The Labute approximate surface area is 182 Å². The molecule has 158 valence electrons. The number of halogens is 1. The molecule has 1 aliphatic carbocycles. The molecule has 30 heavy (non-hydrogen) atoms. The minimum atomic E-state index is 0.409. The number of ether oxygens (including phenoxy) is 1. The van der Waals surface area contributed by atoms with E-state index in [4.69, 9.17) is 16.3 Å². The molecule has 1 fully saturated rings. The van der Waals surface area contributed by atoms with Crippen molar-refractivity contribution in [1.82, 2.24) is 25.1 Å². The average molecular weight is 426 g/mol. The molecule has 0 spiro atoms. The van der Waals surface area contributed by atoms with Gasteiger partial charge in [0.25, 0.3) is 0 Å². The number of methoxy groups -OCH3 is 1. The van der Waals surface area contributed by atoms with Crippen LogP contribution in [-0.4, -0.2) is 32.2 Å². The largest absolute Gasteiger partial charge is 0.497 e. The maximum atomic E-state index is 6.46. The Balaban J connectivity index is 1.55. The van der Waals surface area contributed by atoms with Gasteiger partial charge in [0, 0.05) is 18.1 Å². The second-order valence-electron chi connectivity index (χ2n) is 7.92. The third-order valence-electron chi connectivity index (χ3n) is 5.76. The van der Waals surface area contributed by atoms with E-state index in [0.717, 1.165) is 48.1 Å². The number of benzene rings is 2. The van der Waals surface area contributed by atoms with Crippen molar-refractivity contribution in [2.24, 2.45) is 0 Å². The van der Waals surface area contributed by atoms with Gasteiger partial charge in [0.1, 0.15) is 5.75 Å². The van der Waals surface area contributed by atoms with Gasteiger partial charge in [0.15, 0.2) is 5.82 Å². The lowest BCUT2D eigenvalue weighted by molar-refractivity contribution is 0.226. The summed E-state index contributed by atoms with van der Waals surface area (Å²) in [6.07, 6.45) is 6.12. The molecule has 0 bridgehead atoms. The van der Waals surface area contributed by atoms with Gasteiger partial charge in [-0.3, -0.25) is 4.90 Å². The van der Waals surface area contributed by atoms with Gasteiger partial charge < -0.3 is 4.74 Å². The first-order chi connectivity index (χ1) is 14.7. The van der Waals surface area contributed by atoms with Gasteiger partial charge in [-0.25, -0.2) is 4.68 Å². The van der Waals surface area contributed by atoms with E-state index >= 15 is 0 Å². The fourth-order valence-electron chi connectivity index (χ4n) is 4.15. The number of nitrogens with zero attached hydrogens (tertiary/aromatic N) is 5. The Morgan fingerprint density at radius 1 is 1.00 bits per heavy atom. The van der Waals surface area contributed by atoms with E-state index in [1.54, 1.807) is 7.11 Å². The Hall–Kier alpha value is -2.44. The first kappa shape index (κ1) is 20.8. The molecule has 3 aromatic rings. The molecule has 1 saturated carbocycles. The maximum absolute atomic E-state index is 6.46. The summed E-state index contributed by atoms with van der Waals surface area (Å²) >= 11 is 6.46. The summed E-state index contributed by atoms with van der Waals surface area (Å²) < 4.78 is 7.34. The topological polar surface area (TPSA) is 56.1 Å². The van der Waals surface area contributed by atoms with Crippen LogP contribution in [0.4, 0.5) is 0 Å². The van der Waals surface area contributed by atoms with Gasteiger partial charge in [0.2, 0.25) is 0 Å². The highest BCUT2D eigenvalue weighted by atomic mass is 35.5. The van der Waals surface area contributed by atoms with Crippen molar-refractivity contribution in [2.75, 3.05) is 7.11 Å². The van der Waals surface area contributed by atoms with Crippen LogP contribution in [0.25, 0.3) is 0 Å². The summed E-state index contributed by atoms with van der Waals surface area (Å²) in [6, 6.07) is 16.6. The van der Waals surface area contributed by atoms with Crippen molar-refractivity contribution >= 4 is 11.6 Å². The first-order valence-electron chi connectivity index (χ1n) is 10.6. The second kappa shape index (κ2) is 10.0. The van der Waals surface area contributed by atoms with E-state index in [0.29, 0.717) is 12.6 Å². The highest BCUT2D eigenvalue weighted by Gasteiger charge is 2.22. The van der Waals surface area contributed by atoms with Crippen molar-refractivity contribution < 1.29 is 4.74 Å². The fraction of sp³-hybridized carbons (Fsp3) is 0.435. The van der Waals surface area contributed by atoms with Crippen molar-refractivity contribution in [2.45, 2.75) is 57.8 Å². The Morgan fingerprint density at radius 2 is 1.77 bits per heavy atom. The van der Waals surface area contributed by atoms with Crippen LogP contribution in [0.2, 0.25) is 5.02 Å². The van der Waals surface area contributed by atoms with E-state index in [-0.39, 0.29) is 0 Å². The highest BCUT2D eigenvalue weighted by molar-refractivity contribution is 6.31. The van der Waals surface area contributed by atoms with E-state index < -0.39 is 0 Å². The van der Waals surface area contributed by atoms with Gasteiger partial charge >= 0.3 is 0 Å². The van der Waals surface area contributed by atoms with Crippen LogP contribution in [0.1, 0.15) is 55.1 Å². The first-order valence-corrected chi connectivity index (χ1v) is 11.0. The SMILES string of the molecule is COc1ccc(CN(Cc2ccccc2Cl)Cc2nnnn2C2CCCCC2)cc1. The number of hydrogen-bond donors (Lipinski definition) is 0. The number of hydrogen-bond acceptors (Lipinski definition) is 5. The number of rotatable bonds is 8. The zero-order valence-electron chi connectivity index (χ0n) is 17.4. The summed E-state index contributed by atoms with van der Waals surface area (Å²) in [6.45, 7) is 2.16. The zero-order chi connectivity index (χ0) is 20.8. The fourth-order valence-corrected chi connectivity index (χ4v) is 4.35. The Morgan fingerprint density at radius 3 is 2.50 bits per heavy atom. The minimum Gasteiger partial charge on any atom is -0.497 e. The van der Waals surface area contributed by atoms with Gasteiger partial charge in [-0.05, 0) is 52.6 Å². The molecular formula is C23H28ClN5O. The molecule has 0 atom stereocenters. The molecular weight excluding hydrogens is 398 g/mol. The summed E-state index contributed by atoms with van der Waals surface area (Å²) in [5.74, 6) is 1.78. The molecule has 0 amide bonds. The van der Waals surface area contributed by atoms with Crippen LogP contribution in [0.15, 0.2) is 48.5 Å². The Kier molecular flexibility index (Phi) is 6.97. The van der Waals surface area contributed by atoms with Crippen LogP contribution < -0.4 is 4.74 Å². The van der Waals surface area contributed by atoms with Crippen LogP contribution in [0.3, 0.4) is 0 Å². The van der Waals surface area contributed by atoms with Gasteiger partial charge in [0.05, 0.1) is 19.7 Å². The molecule has 0 N–H and O–H groups in total. The third kappa shape index (κ3) is 5.18. The molecule has 4 rings (SSSR count). The molecule has 6 nitrogen and oxygen atoms in total. The van der Waals surface area contributed by atoms with E-state index in [9.17, 15) is 0 Å². The summed E-state index contributed by atoms with van der Waals surface area (Å²) in [7, 11) is 1.68. The number of aromatic nitrogens is 4. The van der Waals surface area contributed by atoms with E-state index in [1.807, 2.05) is 35.0 Å². The monoisotopic (exact) mass is 425 g/mol. The van der Waals surface area contributed by atoms with Crippen molar-refractivity contribution in [3.05, 3.63) is 70.5 Å². The third-order valence-corrected chi connectivity index (χ3v) is 6.13. The van der Waals surface area contributed by atoms with Gasteiger partial charge in [-0.1, -0.05) is 61.2 Å². The van der Waals surface area contributed by atoms with Gasteiger partial charge in [-0.2, -0.15) is 0 Å². The van der Waals surface area contributed by atoms with Crippen molar-refractivity contribution in [1.29, 1.82) is 0 Å². The summed E-state index contributed by atoms with van der Waals surface area (Å²) in [4.78, 5) is 2.34. The summed E-state index contributed by atoms with van der Waals surface area (Å²) in [5.41, 5.74) is 2.31. The summed E-state index contributed by atoms with van der Waals surface area (Å²) in [5, 5.41) is 13.5. The van der Waals surface area contributed by atoms with E-state index in [1.165, 1.54) is 24.8 Å². The number of tetrazole rings is 1. The lowest BCUT2D eigenvalue weighted by atomic mass is 9.95. The van der Waals surface area contributed by atoms with Crippen LogP contribution in [-0.2, 0) is 19.6 Å². The quantitative estimate of drug-likeness (QED) is 0.505.